The number of rotatable bonds is 2. The molecule has 0 fully saturated rings. The summed E-state index contributed by atoms with van der Waals surface area (Å²) in [7, 11) is 0. The van der Waals surface area contributed by atoms with Gasteiger partial charge in [-0.05, 0) is 40.2 Å². The summed E-state index contributed by atoms with van der Waals surface area (Å²) < 4.78 is 14.2. The number of nitrogen functional groups attached to an aromatic ring is 1. The van der Waals surface area contributed by atoms with Gasteiger partial charge in [-0.2, -0.15) is 0 Å². The maximum atomic E-state index is 13.6. The summed E-state index contributed by atoms with van der Waals surface area (Å²) in [6.45, 7) is 0. The van der Waals surface area contributed by atoms with E-state index in [1.807, 2.05) is 0 Å². The van der Waals surface area contributed by atoms with Gasteiger partial charge in [0.1, 0.15) is 5.82 Å². The van der Waals surface area contributed by atoms with Crippen molar-refractivity contribution in [2.45, 2.75) is 0 Å². The van der Waals surface area contributed by atoms with Crippen LogP contribution in [0.1, 0.15) is 0 Å². The molecule has 2 nitrogen and oxygen atoms in total. The van der Waals surface area contributed by atoms with Crippen molar-refractivity contribution in [1.82, 2.24) is 0 Å². The van der Waals surface area contributed by atoms with Gasteiger partial charge in [-0.15, -0.1) is 0 Å². The minimum atomic E-state index is -0.362. The van der Waals surface area contributed by atoms with Gasteiger partial charge in [0.15, 0.2) is 0 Å². The van der Waals surface area contributed by atoms with Crippen LogP contribution in [0.2, 0.25) is 5.02 Å². The monoisotopic (exact) mass is 314 g/mol. The number of para-hydroxylation sites is 2. The van der Waals surface area contributed by atoms with Crippen molar-refractivity contribution < 1.29 is 4.39 Å². The molecule has 3 N–H and O–H groups in total. The molecule has 2 rings (SSSR count). The van der Waals surface area contributed by atoms with Gasteiger partial charge in [-0.1, -0.05) is 23.7 Å². The zero-order valence-electron chi connectivity index (χ0n) is 8.68. The fourth-order valence-corrected chi connectivity index (χ4v) is 2.01. The fraction of sp³-hybridized carbons (Fsp3) is 0. The number of nitrogens with one attached hydrogen (secondary N) is 1. The first-order valence-corrected chi connectivity index (χ1v) is 6.01. The van der Waals surface area contributed by atoms with E-state index in [-0.39, 0.29) is 5.82 Å². The highest BCUT2D eigenvalue weighted by atomic mass is 79.9. The maximum Gasteiger partial charge on any atom is 0.147 e. The van der Waals surface area contributed by atoms with E-state index in [2.05, 4.69) is 21.2 Å². The Balaban J connectivity index is 2.42. The Morgan fingerprint density at radius 2 is 1.88 bits per heavy atom. The highest BCUT2D eigenvalue weighted by Gasteiger charge is 2.09. The predicted octanol–water partition coefficient (Wildman–Crippen LogP) is 4.57. The summed E-state index contributed by atoms with van der Waals surface area (Å²) >= 11 is 9.16. The molecule has 88 valence electrons. The highest BCUT2D eigenvalue weighted by molar-refractivity contribution is 9.10. The van der Waals surface area contributed by atoms with Crippen molar-refractivity contribution in [2.24, 2.45) is 0 Å². The zero-order valence-corrected chi connectivity index (χ0v) is 11.0. The Hall–Kier alpha value is -1.26. The molecule has 0 unspecified atom stereocenters. The van der Waals surface area contributed by atoms with Gasteiger partial charge >= 0.3 is 0 Å². The second kappa shape index (κ2) is 4.94. The smallest absolute Gasteiger partial charge is 0.147 e. The van der Waals surface area contributed by atoms with E-state index in [4.69, 9.17) is 17.3 Å². The van der Waals surface area contributed by atoms with E-state index in [9.17, 15) is 4.39 Å². The lowest BCUT2D eigenvalue weighted by molar-refractivity contribution is 0.631. The molecule has 0 aromatic heterocycles. The molecule has 0 aliphatic carbocycles. The Morgan fingerprint density at radius 1 is 1.18 bits per heavy atom. The Kier molecular flexibility index (Phi) is 3.54. The Labute approximate surface area is 112 Å². The number of hydrogen-bond donors (Lipinski definition) is 2. The van der Waals surface area contributed by atoms with Crippen LogP contribution in [0.3, 0.4) is 0 Å². The van der Waals surface area contributed by atoms with Crippen molar-refractivity contribution in [3.8, 4) is 0 Å². The largest absolute Gasteiger partial charge is 0.396 e. The van der Waals surface area contributed by atoms with E-state index in [1.54, 1.807) is 30.3 Å². The van der Waals surface area contributed by atoms with Crippen LogP contribution in [-0.2, 0) is 0 Å². The van der Waals surface area contributed by atoms with E-state index in [0.29, 0.717) is 26.6 Å². The minimum absolute atomic E-state index is 0.335. The summed E-state index contributed by atoms with van der Waals surface area (Å²) in [6.07, 6.45) is 0. The Morgan fingerprint density at radius 3 is 2.59 bits per heavy atom. The zero-order chi connectivity index (χ0) is 12.4. The average molecular weight is 316 g/mol. The first kappa shape index (κ1) is 12.2. The number of benzene rings is 2. The second-order valence-electron chi connectivity index (χ2n) is 3.42. The van der Waals surface area contributed by atoms with Gasteiger partial charge in [-0.3, -0.25) is 0 Å². The molecule has 0 atom stereocenters. The minimum Gasteiger partial charge on any atom is -0.396 e. The van der Waals surface area contributed by atoms with Crippen LogP contribution >= 0.6 is 27.5 Å². The van der Waals surface area contributed by atoms with Crippen molar-refractivity contribution in [3.05, 3.63) is 51.7 Å². The lowest BCUT2D eigenvalue weighted by Crippen LogP contribution is -1.99. The summed E-state index contributed by atoms with van der Waals surface area (Å²) in [5.41, 5.74) is 7.10. The van der Waals surface area contributed by atoms with Crippen LogP contribution in [0.5, 0.6) is 0 Å². The summed E-state index contributed by atoms with van der Waals surface area (Å²) in [5.74, 6) is -0.362. The van der Waals surface area contributed by atoms with Crippen LogP contribution in [0, 0.1) is 5.82 Å². The quantitative estimate of drug-likeness (QED) is 0.797. The summed E-state index contributed by atoms with van der Waals surface area (Å²) in [5, 5.41) is 3.35. The third kappa shape index (κ3) is 2.53. The molecule has 0 radical (unpaired) electrons. The molecule has 0 aliphatic rings. The molecular weight excluding hydrogens is 307 g/mol. The highest BCUT2D eigenvalue weighted by Crippen LogP contribution is 2.33. The van der Waals surface area contributed by atoms with Crippen molar-refractivity contribution >= 4 is 44.6 Å². The molecule has 0 heterocycles. The first-order chi connectivity index (χ1) is 8.09. The van der Waals surface area contributed by atoms with Gasteiger partial charge < -0.3 is 11.1 Å². The molecule has 0 aliphatic heterocycles. The third-order valence-electron chi connectivity index (χ3n) is 2.28. The lowest BCUT2D eigenvalue weighted by atomic mass is 10.2. The van der Waals surface area contributed by atoms with Crippen LogP contribution in [0.25, 0.3) is 0 Å². The molecule has 5 heteroatoms. The standard InChI is InChI=1S/C12H9BrClFN2/c13-7-3-1-5-9(15)12(7)17-10-6-2-4-8(14)11(10)16/h1-6,17H,16H2. The van der Waals surface area contributed by atoms with E-state index >= 15 is 0 Å². The van der Waals surface area contributed by atoms with Gasteiger partial charge in [0.2, 0.25) is 0 Å². The molecule has 0 bridgehead atoms. The topological polar surface area (TPSA) is 38.0 Å². The van der Waals surface area contributed by atoms with Crippen molar-refractivity contribution in [2.75, 3.05) is 11.1 Å². The number of nitrogens with two attached hydrogens (primary N) is 1. The molecule has 0 spiro atoms. The molecule has 2 aromatic rings. The van der Waals surface area contributed by atoms with E-state index in [1.165, 1.54) is 6.07 Å². The van der Waals surface area contributed by atoms with E-state index < -0.39 is 0 Å². The average Bonchev–Trinajstić information content (AvgIpc) is 2.29. The lowest BCUT2D eigenvalue weighted by Gasteiger charge is -2.12. The van der Waals surface area contributed by atoms with Crippen LogP contribution in [0.15, 0.2) is 40.9 Å². The molecule has 17 heavy (non-hydrogen) atoms. The summed E-state index contributed by atoms with van der Waals surface area (Å²) in [6, 6.07) is 9.89. The van der Waals surface area contributed by atoms with Crippen molar-refractivity contribution in [1.29, 1.82) is 0 Å². The van der Waals surface area contributed by atoms with Crippen LogP contribution in [0.4, 0.5) is 21.5 Å². The predicted molar refractivity (Wildman–Crippen MR) is 73.2 cm³/mol. The van der Waals surface area contributed by atoms with E-state index in [0.717, 1.165) is 0 Å². The fourth-order valence-electron chi connectivity index (χ4n) is 1.40. The van der Waals surface area contributed by atoms with Crippen LogP contribution in [-0.4, -0.2) is 0 Å². The van der Waals surface area contributed by atoms with Gasteiger partial charge in [0.25, 0.3) is 0 Å². The molecule has 2 aromatic carbocycles. The Bertz CT molecular complexity index is 540. The van der Waals surface area contributed by atoms with Gasteiger partial charge in [0.05, 0.1) is 22.1 Å². The SMILES string of the molecule is Nc1c(Cl)cccc1Nc1c(F)cccc1Br. The van der Waals surface area contributed by atoms with Crippen LogP contribution < -0.4 is 11.1 Å². The number of halogens is 3. The van der Waals surface area contributed by atoms with Gasteiger partial charge in [0, 0.05) is 4.47 Å². The summed E-state index contributed by atoms with van der Waals surface area (Å²) in [4.78, 5) is 0. The number of anilines is 3. The molecule has 0 amide bonds. The second-order valence-corrected chi connectivity index (χ2v) is 4.68. The number of hydrogen-bond acceptors (Lipinski definition) is 2. The van der Waals surface area contributed by atoms with Gasteiger partial charge in [-0.25, -0.2) is 4.39 Å². The maximum absolute atomic E-state index is 13.6. The molecule has 0 saturated heterocycles. The molecule has 0 saturated carbocycles. The normalized spacial score (nSPS) is 10.3. The third-order valence-corrected chi connectivity index (χ3v) is 3.27. The first-order valence-electron chi connectivity index (χ1n) is 4.84. The van der Waals surface area contributed by atoms with Crippen molar-refractivity contribution in [3.63, 3.8) is 0 Å². The molecular formula is C12H9BrClFN2.